The van der Waals surface area contributed by atoms with Gasteiger partial charge in [0, 0.05) is 69.3 Å². The molecule has 0 saturated heterocycles. The number of hydrogen-bond donors (Lipinski definition) is 0. The van der Waals surface area contributed by atoms with Gasteiger partial charge in [-0.1, -0.05) is 152 Å². The minimum absolute atomic E-state index is 0.557. The third kappa shape index (κ3) is 4.98. The van der Waals surface area contributed by atoms with Crippen LogP contribution in [0.15, 0.2) is 206 Å². The van der Waals surface area contributed by atoms with Crippen LogP contribution in [0.25, 0.3) is 126 Å². The number of benzene rings is 9. The predicted octanol–water partition coefficient (Wildman–Crippen LogP) is 14.9. The van der Waals surface area contributed by atoms with E-state index in [1.54, 1.807) is 11.3 Å². The Labute approximate surface area is 370 Å². The van der Waals surface area contributed by atoms with Crippen molar-refractivity contribution in [3.63, 3.8) is 0 Å². The first-order valence-corrected chi connectivity index (χ1v) is 22.4. The molecule has 0 spiro atoms. The highest BCUT2D eigenvalue weighted by atomic mass is 32.1. The summed E-state index contributed by atoms with van der Waals surface area (Å²) >= 11 is 1.80. The van der Waals surface area contributed by atoms with Crippen molar-refractivity contribution < 1.29 is 0 Å². The van der Waals surface area contributed by atoms with E-state index in [0.717, 1.165) is 71.8 Å². The maximum Gasteiger partial charge on any atom is 0.238 e. The molecule has 7 heteroatoms. The summed E-state index contributed by atoms with van der Waals surface area (Å²) in [5.74, 6) is 1.80. The van der Waals surface area contributed by atoms with E-state index in [-0.39, 0.29) is 0 Å². The topological polar surface area (TPSA) is 53.5 Å². The first-order valence-electron chi connectivity index (χ1n) is 21.5. The molecule has 0 unspecified atom stereocenters. The van der Waals surface area contributed by atoms with Crippen molar-refractivity contribution in [3.05, 3.63) is 206 Å². The lowest BCUT2D eigenvalue weighted by molar-refractivity contribution is 0.954. The van der Waals surface area contributed by atoms with Gasteiger partial charge in [0.15, 0.2) is 11.6 Å². The van der Waals surface area contributed by atoms with Crippen molar-refractivity contribution in [1.82, 2.24) is 28.7 Å². The number of aromatic nitrogens is 6. The van der Waals surface area contributed by atoms with Gasteiger partial charge in [-0.2, -0.15) is 9.97 Å². The molecule has 298 valence electrons. The number of rotatable bonds is 5. The van der Waals surface area contributed by atoms with Crippen molar-refractivity contribution in [2.24, 2.45) is 0 Å². The van der Waals surface area contributed by atoms with Crippen molar-refractivity contribution >= 4 is 96.9 Å². The summed E-state index contributed by atoms with van der Waals surface area (Å²) in [5, 5.41) is 9.39. The highest BCUT2D eigenvalue weighted by Crippen LogP contribution is 2.47. The van der Waals surface area contributed by atoms with Crippen molar-refractivity contribution in [2.75, 3.05) is 0 Å². The van der Waals surface area contributed by atoms with Crippen LogP contribution in [-0.2, 0) is 0 Å². The number of thiophene rings is 1. The lowest BCUT2D eigenvalue weighted by atomic mass is 10.0. The molecule has 9 aromatic carbocycles. The second-order valence-electron chi connectivity index (χ2n) is 16.3. The van der Waals surface area contributed by atoms with Gasteiger partial charge in [-0.25, -0.2) is 4.98 Å². The summed E-state index contributed by atoms with van der Waals surface area (Å²) in [4.78, 5) is 16.3. The van der Waals surface area contributed by atoms with Gasteiger partial charge in [0.2, 0.25) is 5.95 Å². The predicted molar refractivity (Wildman–Crippen MR) is 267 cm³/mol. The van der Waals surface area contributed by atoms with Gasteiger partial charge in [-0.15, -0.1) is 11.3 Å². The molecule has 0 fully saturated rings. The molecule has 0 radical (unpaired) electrons. The Balaban J connectivity index is 1.19. The molecule has 0 aliphatic carbocycles. The molecular formula is C57H34N6S. The molecule has 0 saturated carbocycles. The second-order valence-corrected chi connectivity index (χ2v) is 17.4. The van der Waals surface area contributed by atoms with Gasteiger partial charge >= 0.3 is 0 Å². The quantitative estimate of drug-likeness (QED) is 0.174. The minimum atomic E-state index is 0.557. The fourth-order valence-electron chi connectivity index (χ4n) is 10.3. The number of hydrogen-bond acceptors (Lipinski definition) is 4. The third-order valence-corrected chi connectivity index (χ3v) is 14.0. The second kappa shape index (κ2) is 13.6. The van der Waals surface area contributed by atoms with Crippen molar-refractivity contribution in [1.29, 1.82) is 0 Å². The highest BCUT2D eigenvalue weighted by Gasteiger charge is 2.27. The van der Waals surface area contributed by atoms with E-state index < -0.39 is 0 Å². The van der Waals surface area contributed by atoms with Gasteiger partial charge < -0.3 is 9.13 Å². The summed E-state index contributed by atoms with van der Waals surface area (Å²) in [6, 6.07) is 73.6. The van der Waals surface area contributed by atoms with E-state index in [2.05, 4.69) is 202 Å². The molecule has 14 aromatic rings. The Kier molecular flexibility index (Phi) is 7.46. The zero-order chi connectivity index (χ0) is 41.9. The molecule has 5 heterocycles. The summed E-state index contributed by atoms with van der Waals surface area (Å²) in [7, 11) is 0. The lowest BCUT2D eigenvalue weighted by Gasteiger charge is -2.15. The number of para-hydroxylation sites is 5. The van der Waals surface area contributed by atoms with Crippen LogP contribution in [0, 0.1) is 0 Å². The highest BCUT2D eigenvalue weighted by molar-refractivity contribution is 7.25. The van der Waals surface area contributed by atoms with Crippen molar-refractivity contribution in [3.8, 4) is 40.1 Å². The van der Waals surface area contributed by atoms with Crippen LogP contribution >= 0.6 is 11.3 Å². The number of fused-ring (bicyclic) bond motifs is 13. The molecule has 0 bridgehead atoms. The molecule has 0 aliphatic rings. The average molecular weight is 835 g/mol. The molecule has 5 aromatic heterocycles. The van der Waals surface area contributed by atoms with Crippen LogP contribution < -0.4 is 0 Å². The average Bonchev–Trinajstić information content (AvgIpc) is 4.11. The van der Waals surface area contributed by atoms with E-state index in [1.807, 2.05) is 18.2 Å². The SMILES string of the molecule is c1ccc(-c2nc(-c3cccc4sc5ccccc5c34)nc(-n3c4ccccc4c4c3cc(-n3c5ccccc5c5ccccc53)c3c5ccccc5n(-c5ccccc5)c34)n2)cc1. The van der Waals surface area contributed by atoms with Gasteiger partial charge in [-0.3, -0.25) is 4.57 Å². The fourth-order valence-corrected chi connectivity index (χ4v) is 11.4. The Morgan fingerprint density at radius 2 is 0.875 bits per heavy atom. The lowest BCUT2D eigenvalue weighted by Crippen LogP contribution is -2.07. The molecular weight excluding hydrogens is 801 g/mol. The molecule has 0 amide bonds. The number of nitrogens with zero attached hydrogens (tertiary/aromatic N) is 6. The molecule has 64 heavy (non-hydrogen) atoms. The van der Waals surface area contributed by atoms with Gasteiger partial charge in [-0.05, 0) is 54.6 Å². The zero-order valence-electron chi connectivity index (χ0n) is 34.2. The van der Waals surface area contributed by atoms with Crippen LogP contribution in [-0.4, -0.2) is 28.7 Å². The molecule has 6 nitrogen and oxygen atoms in total. The van der Waals surface area contributed by atoms with Crippen molar-refractivity contribution in [2.45, 2.75) is 0 Å². The standard InChI is InChI=1S/C57H34N6S/c1-3-18-35(19-4-1)55-58-56(42-27-17-33-50-51(42)41-26-11-16-32-49(41)64-50)60-57(59-55)63-46-31-15-10-25-40(46)53-48(63)34-47(62-43-28-12-7-22-37(43)38-23-8-13-29-44(38)62)52-39-24-9-14-30-45(39)61(54(52)53)36-20-5-2-6-21-36/h1-34H. The van der Waals surface area contributed by atoms with E-state index >= 15 is 0 Å². The van der Waals surface area contributed by atoms with Gasteiger partial charge in [0.1, 0.15) is 0 Å². The maximum absolute atomic E-state index is 5.54. The first kappa shape index (κ1) is 35.2. The summed E-state index contributed by atoms with van der Waals surface area (Å²) < 4.78 is 9.63. The smallest absolute Gasteiger partial charge is 0.238 e. The monoisotopic (exact) mass is 834 g/mol. The van der Waals surface area contributed by atoms with Gasteiger partial charge in [0.25, 0.3) is 0 Å². The Hall–Kier alpha value is -8.39. The maximum atomic E-state index is 5.54. The first-order chi connectivity index (χ1) is 31.8. The van der Waals surface area contributed by atoms with Gasteiger partial charge in [0.05, 0.1) is 38.8 Å². The van der Waals surface area contributed by atoms with Crippen LogP contribution in [0.5, 0.6) is 0 Å². The van der Waals surface area contributed by atoms with Crippen LogP contribution in [0.2, 0.25) is 0 Å². The summed E-state index contributed by atoms with van der Waals surface area (Å²) in [6.45, 7) is 0. The Bertz CT molecular complexity index is 4140. The molecule has 14 rings (SSSR count). The fraction of sp³-hybridized carbons (Fsp3) is 0. The summed E-state index contributed by atoms with van der Waals surface area (Å²) in [5.41, 5.74) is 10.7. The van der Waals surface area contributed by atoms with Crippen LogP contribution in [0.4, 0.5) is 0 Å². The molecule has 0 atom stereocenters. The zero-order valence-corrected chi connectivity index (χ0v) is 35.0. The van der Waals surface area contributed by atoms with E-state index in [1.165, 1.54) is 36.3 Å². The van der Waals surface area contributed by atoms with E-state index in [9.17, 15) is 0 Å². The third-order valence-electron chi connectivity index (χ3n) is 12.9. The largest absolute Gasteiger partial charge is 0.308 e. The van der Waals surface area contributed by atoms with Crippen LogP contribution in [0.3, 0.4) is 0 Å². The normalized spacial score (nSPS) is 12.1. The van der Waals surface area contributed by atoms with E-state index in [0.29, 0.717) is 17.6 Å². The van der Waals surface area contributed by atoms with Crippen LogP contribution in [0.1, 0.15) is 0 Å². The summed E-state index contributed by atoms with van der Waals surface area (Å²) in [6.07, 6.45) is 0. The molecule has 0 aliphatic heterocycles. The Morgan fingerprint density at radius 3 is 1.58 bits per heavy atom. The minimum Gasteiger partial charge on any atom is -0.308 e. The molecule has 0 N–H and O–H groups in total. The van der Waals surface area contributed by atoms with E-state index in [4.69, 9.17) is 15.0 Å². The Morgan fingerprint density at radius 1 is 0.344 bits per heavy atom.